The van der Waals surface area contributed by atoms with Gasteiger partial charge in [0, 0.05) is 24.0 Å². The molecule has 0 bridgehead atoms. The van der Waals surface area contributed by atoms with Crippen LogP contribution in [0.25, 0.3) is 22.5 Å². The van der Waals surface area contributed by atoms with E-state index in [1.165, 1.54) is 11.1 Å². The number of Topliss-reactive ketones (excluding diaryl/α,β-unsaturated/α-hetero) is 1. The third kappa shape index (κ3) is 4.52. The first kappa shape index (κ1) is 18.9. The molecular formula is C26H23NO2. The summed E-state index contributed by atoms with van der Waals surface area (Å²) in [5.41, 5.74) is 6.10. The van der Waals surface area contributed by atoms with E-state index in [0.717, 1.165) is 28.8 Å². The largest absolute Gasteiger partial charge is 0.356 e. The molecule has 0 saturated heterocycles. The van der Waals surface area contributed by atoms with Crippen LogP contribution in [0.5, 0.6) is 0 Å². The van der Waals surface area contributed by atoms with E-state index in [-0.39, 0.29) is 5.78 Å². The van der Waals surface area contributed by atoms with Crippen molar-refractivity contribution in [2.24, 2.45) is 0 Å². The fraction of sp³-hybridized carbons (Fsp3) is 0.154. The third-order valence-corrected chi connectivity index (χ3v) is 5.15. The van der Waals surface area contributed by atoms with E-state index in [1.54, 1.807) is 0 Å². The molecule has 0 N–H and O–H groups in total. The molecule has 0 aliphatic rings. The Bertz CT molecular complexity index is 1080. The Kier molecular flexibility index (Phi) is 5.66. The van der Waals surface area contributed by atoms with Crippen molar-refractivity contribution in [2.45, 2.75) is 26.2 Å². The minimum absolute atomic E-state index is 0.197. The maximum atomic E-state index is 12.6. The van der Waals surface area contributed by atoms with Crippen LogP contribution < -0.4 is 0 Å². The molecule has 29 heavy (non-hydrogen) atoms. The molecular weight excluding hydrogens is 358 g/mol. The van der Waals surface area contributed by atoms with Crippen LogP contribution in [0, 0.1) is 6.92 Å². The van der Waals surface area contributed by atoms with Crippen molar-refractivity contribution in [3.05, 3.63) is 102 Å². The fourth-order valence-corrected chi connectivity index (χ4v) is 3.48. The van der Waals surface area contributed by atoms with Gasteiger partial charge < -0.3 is 4.52 Å². The van der Waals surface area contributed by atoms with E-state index < -0.39 is 0 Å². The Morgan fingerprint density at radius 3 is 2.07 bits per heavy atom. The van der Waals surface area contributed by atoms with Gasteiger partial charge >= 0.3 is 0 Å². The van der Waals surface area contributed by atoms with Crippen LogP contribution in [0.15, 0.2) is 89.5 Å². The highest BCUT2D eigenvalue weighted by molar-refractivity contribution is 5.83. The molecule has 0 unspecified atom stereocenters. The number of nitrogens with zero attached hydrogens (tertiary/aromatic N) is 1. The number of ketones is 1. The summed E-state index contributed by atoms with van der Waals surface area (Å²) in [4.78, 5) is 12.6. The summed E-state index contributed by atoms with van der Waals surface area (Å²) < 4.78 is 5.59. The second kappa shape index (κ2) is 8.70. The maximum absolute atomic E-state index is 12.6. The lowest BCUT2D eigenvalue weighted by Gasteiger charge is -2.05. The SMILES string of the molecule is Cc1noc(-c2ccc(-c3ccccc3)cc2)c1CC(=O)CCc1ccccc1. The number of carbonyl (C=O) groups excluding carboxylic acids is 1. The molecule has 0 aliphatic heterocycles. The van der Waals surface area contributed by atoms with Crippen LogP contribution in [0.4, 0.5) is 0 Å². The van der Waals surface area contributed by atoms with Gasteiger partial charge in [0.2, 0.25) is 0 Å². The van der Waals surface area contributed by atoms with Gasteiger partial charge in [-0.2, -0.15) is 0 Å². The van der Waals surface area contributed by atoms with Crippen molar-refractivity contribution < 1.29 is 9.32 Å². The lowest BCUT2D eigenvalue weighted by molar-refractivity contribution is -0.118. The molecule has 4 aromatic rings. The van der Waals surface area contributed by atoms with Crippen molar-refractivity contribution >= 4 is 5.78 Å². The molecule has 3 nitrogen and oxygen atoms in total. The number of benzene rings is 3. The van der Waals surface area contributed by atoms with Crippen molar-refractivity contribution in [1.82, 2.24) is 5.16 Å². The van der Waals surface area contributed by atoms with E-state index in [1.807, 2.05) is 55.5 Å². The van der Waals surface area contributed by atoms with E-state index in [0.29, 0.717) is 18.6 Å². The van der Waals surface area contributed by atoms with Gasteiger partial charge in [0.05, 0.1) is 5.69 Å². The van der Waals surface area contributed by atoms with Crippen LogP contribution in [0.3, 0.4) is 0 Å². The molecule has 0 radical (unpaired) electrons. The number of hydrogen-bond acceptors (Lipinski definition) is 3. The first-order valence-corrected chi connectivity index (χ1v) is 9.87. The van der Waals surface area contributed by atoms with Gasteiger partial charge in [-0.15, -0.1) is 0 Å². The van der Waals surface area contributed by atoms with Crippen molar-refractivity contribution in [1.29, 1.82) is 0 Å². The molecule has 0 saturated carbocycles. The molecule has 1 aromatic heterocycles. The second-order valence-corrected chi connectivity index (χ2v) is 7.22. The molecule has 3 heteroatoms. The van der Waals surface area contributed by atoms with E-state index >= 15 is 0 Å². The standard InChI is InChI=1S/C26H23NO2/c1-19-25(18-24(28)17-12-20-8-4-2-5-9-20)26(29-27-19)23-15-13-22(14-16-23)21-10-6-3-7-11-21/h2-11,13-16H,12,17-18H2,1H3. The molecule has 0 atom stereocenters. The van der Waals surface area contributed by atoms with Gasteiger partial charge in [0.15, 0.2) is 5.76 Å². The van der Waals surface area contributed by atoms with Crippen LogP contribution in [-0.2, 0) is 17.6 Å². The minimum Gasteiger partial charge on any atom is -0.356 e. The van der Waals surface area contributed by atoms with Crippen LogP contribution in [0.1, 0.15) is 23.2 Å². The molecule has 3 aromatic carbocycles. The highest BCUT2D eigenvalue weighted by Gasteiger charge is 2.18. The smallest absolute Gasteiger partial charge is 0.170 e. The fourth-order valence-electron chi connectivity index (χ4n) is 3.48. The average Bonchev–Trinajstić information content (AvgIpc) is 3.14. The molecule has 144 valence electrons. The number of rotatable bonds is 7. The molecule has 0 amide bonds. The molecule has 0 aliphatic carbocycles. The van der Waals surface area contributed by atoms with Gasteiger partial charge in [0.25, 0.3) is 0 Å². The zero-order valence-corrected chi connectivity index (χ0v) is 16.5. The minimum atomic E-state index is 0.197. The van der Waals surface area contributed by atoms with Crippen LogP contribution in [0.2, 0.25) is 0 Å². The van der Waals surface area contributed by atoms with Gasteiger partial charge in [-0.3, -0.25) is 4.79 Å². The van der Waals surface area contributed by atoms with Crippen molar-refractivity contribution in [3.8, 4) is 22.5 Å². The Labute approximate surface area is 171 Å². The summed E-state index contributed by atoms with van der Waals surface area (Å²) in [5, 5.41) is 4.12. The highest BCUT2D eigenvalue weighted by atomic mass is 16.5. The Hall–Kier alpha value is -3.46. The third-order valence-electron chi connectivity index (χ3n) is 5.15. The molecule has 0 fully saturated rings. The van der Waals surface area contributed by atoms with Crippen molar-refractivity contribution in [3.63, 3.8) is 0 Å². The summed E-state index contributed by atoms with van der Waals surface area (Å²) in [6, 6.07) is 28.5. The van der Waals surface area contributed by atoms with Gasteiger partial charge in [-0.1, -0.05) is 90.1 Å². The lowest BCUT2D eigenvalue weighted by atomic mass is 9.97. The monoisotopic (exact) mass is 381 g/mol. The second-order valence-electron chi connectivity index (χ2n) is 7.22. The topological polar surface area (TPSA) is 43.1 Å². The van der Waals surface area contributed by atoms with E-state index in [9.17, 15) is 4.79 Å². The quantitative estimate of drug-likeness (QED) is 0.391. The highest BCUT2D eigenvalue weighted by Crippen LogP contribution is 2.29. The molecule has 0 spiro atoms. The van der Waals surface area contributed by atoms with E-state index in [4.69, 9.17) is 4.52 Å². The Morgan fingerprint density at radius 2 is 1.38 bits per heavy atom. The normalized spacial score (nSPS) is 10.8. The Balaban J connectivity index is 1.49. The number of aromatic nitrogens is 1. The number of carbonyl (C=O) groups is 1. The van der Waals surface area contributed by atoms with Gasteiger partial charge in [-0.05, 0) is 30.0 Å². The first-order valence-electron chi connectivity index (χ1n) is 9.87. The summed E-state index contributed by atoms with van der Waals surface area (Å²) >= 11 is 0. The summed E-state index contributed by atoms with van der Waals surface area (Å²) in [6.45, 7) is 1.89. The molecule has 4 rings (SSSR count). The van der Waals surface area contributed by atoms with Crippen LogP contribution >= 0.6 is 0 Å². The van der Waals surface area contributed by atoms with E-state index in [2.05, 4.69) is 41.6 Å². The zero-order valence-electron chi connectivity index (χ0n) is 16.5. The average molecular weight is 381 g/mol. The lowest BCUT2D eigenvalue weighted by Crippen LogP contribution is -2.05. The zero-order chi connectivity index (χ0) is 20.1. The van der Waals surface area contributed by atoms with Crippen LogP contribution in [-0.4, -0.2) is 10.9 Å². The summed E-state index contributed by atoms with van der Waals surface area (Å²) in [6.07, 6.45) is 1.62. The Morgan fingerprint density at radius 1 is 0.793 bits per heavy atom. The number of hydrogen-bond donors (Lipinski definition) is 0. The predicted octanol–water partition coefficient (Wildman–Crippen LogP) is 6.06. The summed E-state index contributed by atoms with van der Waals surface area (Å²) in [7, 11) is 0. The predicted molar refractivity (Wildman–Crippen MR) is 116 cm³/mol. The maximum Gasteiger partial charge on any atom is 0.170 e. The van der Waals surface area contributed by atoms with Gasteiger partial charge in [-0.25, -0.2) is 0 Å². The van der Waals surface area contributed by atoms with Crippen molar-refractivity contribution in [2.75, 3.05) is 0 Å². The van der Waals surface area contributed by atoms with Gasteiger partial charge in [0.1, 0.15) is 5.78 Å². The first-order chi connectivity index (χ1) is 14.2. The molecule has 1 heterocycles. The summed E-state index contributed by atoms with van der Waals surface area (Å²) in [5.74, 6) is 0.887. The number of aryl methyl sites for hydroxylation is 2.